The van der Waals surface area contributed by atoms with Crippen LogP contribution in [0.4, 0.5) is 5.69 Å². The summed E-state index contributed by atoms with van der Waals surface area (Å²) in [5.41, 5.74) is 4.09. The molecule has 0 radical (unpaired) electrons. The monoisotopic (exact) mass is 339 g/mol. The second-order valence-electron chi connectivity index (χ2n) is 6.77. The van der Waals surface area contributed by atoms with E-state index in [1.165, 1.54) is 0 Å². The van der Waals surface area contributed by atoms with Crippen molar-refractivity contribution < 1.29 is 14.3 Å². The van der Waals surface area contributed by atoms with Gasteiger partial charge in [-0.1, -0.05) is 18.2 Å². The molecule has 1 aliphatic rings. The van der Waals surface area contributed by atoms with E-state index < -0.39 is 0 Å². The van der Waals surface area contributed by atoms with Gasteiger partial charge >= 0.3 is 0 Å². The molecule has 4 nitrogen and oxygen atoms in total. The Bertz CT molecular complexity index is 719. The molecule has 1 N–H and O–H groups in total. The van der Waals surface area contributed by atoms with Crippen molar-refractivity contribution in [1.82, 2.24) is 0 Å². The summed E-state index contributed by atoms with van der Waals surface area (Å²) in [6.07, 6.45) is 1.50. The Kier molecular flexibility index (Phi) is 5.39. The average Bonchev–Trinajstić information content (AvgIpc) is 2.93. The summed E-state index contributed by atoms with van der Waals surface area (Å²) in [5, 5.41) is 2.96. The lowest BCUT2D eigenvalue weighted by Crippen LogP contribution is -2.24. The number of ether oxygens (including phenoxy) is 2. The van der Waals surface area contributed by atoms with E-state index in [1.807, 2.05) is 57.2 Å². The Morgan fingerprint density at radius 2 is 1.84 bits per heavy atom. The number of rotatable bonds is 5. The fourth-order valence-electron chi connectivity index (χ4n) is 3.16. The van der Waals surface area contributed by atoms with Gasteiger partial charge in [0.25, 0.3) is 0 Å². The molecule has 4 heteroatoms. The van der Waals surface area contributed by atoms with Crippen molar-refractivity contribution in [2.45, 2.75) is 45.8 Å². The Balaban J connectivity index is 1.56. The number of benzene rings is 2. The van der Waals surface area contributed by atoms with Crippen molar-refractivity contribution in [3.63, 3.8) is 0 Å². The summed E-state index contributed by atoms with van der Waals surface area (Å²) in [6, 6.07) is 13.8. The lowest BCUT2D eigenvalue weighted by molar-refractivity contribution is -0.115. The van der Waals surface area contributed by atoms with Crippen LogP contribution in [0.5, 0.6) is 5.75 Å². The Morgan fingerprint density at radius 3 is 2.44 bits per heavy atom. The SMILES string of the molecule is Cc1cc(C)cc(NC(=O)Cc2ccc(OC3CCOC3C)cc2)c1. The van der Waals surface area contributed by atoms with E-state index in [4.69, 9.17) is 9.47 Å². The molecule has 1 amide bonds. The summed E-state index contributed by atoms with van der Waals surface area (Å²) in [7, 11) is 0. The van der Waals surface area contributed by atoms with Crippen LogP contribution in [0.15, 0.2) is 42.5 Å². The lowest BCUT2D eigenvalue weighted by Gasteiger charge is -2.16. The van der Waals surface area contributed by atoms with Gasteiger partial charge in [0.05, 0.1) is 19.1 Å². The van der Waals surface area contributed by atoms with E-state index in [0.717, 1.165) is 41.2 Å². The number of carbonyl (C=O) groups is 1. The van der Waals surface area contributed by atoms with Gasteiger partial charge in [0, 0.05) is 12.1 Å². The molecule has 1 fully saturated rings. The molecule has 2 atom stereocenters. The van der Waals surface area contributed by atoms with Crippen LogP contribution in [0.2, 0.25) is 0 Å². The van der Waals surface area contributed by atoms with Crippen molar-refractivity contribution in [3.05, 3.63) is 59.2 Å². The summed E-state index contributed by atoms with van der Waals surface area (Å²) in [5.74, 6) is 0.803. The van der Waals surface area contributed by atoms with Gasteiger partial charge in [-0.25, -0.2) is 0 Å². The normalized spacial score (nSPS) is 19.6. The first kappa shape index (κ1) is 17.5. The molecule has 25 heavy (non-hydrogen) atoms. The minimum absolute atomic E-state index is 0.0171. The zero-order valence-electron chi connectivity index (χ0n) is 15.0. The molecule has 0 aliphatic carbocycles. The first-order valence-corrected chi connectivity index (χ1v) is 8.75. The highest BCUT2D eigenvalue weighted by Gasteiger charge is 2.25. The van der Waals surface area contributed by atoms with Crippen molar-refractivity contribution in [1.29, 1.82) is 0 Å². The number of nitrogens with one attached hydrogen (secondary N) is 1. The van der Waals surface area contributed by atoms with Crippen LogP contribution in [0, 0.1) is 13.8 Å². The number of aryl methyl sites for hydroxylation is 2. The lowest BCUT2D eigenvalue weighted by atomic mass is 10.1. The summed E-state index contributed by atoms with van der Waals surface area (Å²) >= 11 is 0. The topological polar surface area (TPSA) is 47.6 Å². The predicted octanol–water partition coefficient (Wildman–Crippen LogP) is 4.04. The molecule has 3 rings (SSSR count). The third kappa shape index (κ3) is 4.83. The molecule has 0 saturated carbocycles. The van der Waals surface area contributed by atoms with Gasteiger partial charge in [-0.15, -0.1) is 0 Å². The molecular formula is C21H25NO3. The zero-order valence-corrected chi connectivity index (χ0v) is 15.0. The number of amides is 1. The standard InChI is InChI=1S/C21H25NO3/c1-14-10-15(2)12-18(11-14)22-21(23)13-17-4-6-19(7-5-17)25-20-8-9-24-16(20)3/h4-7,10-12,16,20H,8-9,13H2,1-3H3,(H,22,23). The van der Waals surface area contributed by atoms with Gasteiger partial charge in [-0.2, -0.15) is 0 Å². The van der Waals surface area contributed by atoms with Crippen molar-refractivity contribution in [2.75, 3.05) is 11.9 Å². The fraction of sp³-hybridized carbons (Fsp3) is 0.381. The molecule has 1 aliphatic heterocycles. The highest BCUT2D eigenvalue weighted by atomic mass is 16.6. The third-order valence-electron chi connectivity index (χ3n) is 4.39. The number of hydrogen-bond donors (Lipinski definition) is 1. The molecule has 2 unspecified atom stereocenters. The van der Waals surface area contributed by atoms with Gasteiger partial charge in [0.15, 0.2) is 0 Å². The molecule has 1 saturated heterocycles. The van der Waals surface area contributed by atoms with Gasteiger partial charge in [-0.3, -0.25) is 4.79 Å². The molecule has 0 aromatic heterocycles. The number of anilines is 1. The number of carbonyl (C=O) groups excluding carboxylic acids is 1. The van der Waals surface area contributed by atoms with E-state index in [0.29, 0.717) is 6.42 Å². The van der Waals surface area contributed by atoms with Gasteiger partial charge in [0.1, 0.15) is 11.9 Å². The summed E-state index contributed by atoms with van der Waals surface area (Å²) in [6.45, 7) is 6.83. The largest absolute Gasteiger partial charge is 0.488 e. The van der Waals surface area contributed by atoms with Crippen LogP contribution in [0.1, 0.15) is 30.0 Å². The quantitative estimate of drug-likeness (QED) is 0.894. The van der Waals surface area contributed by atoms with E-state index in [9.17, 15) is 4.79 Å². The van der Waals surface area contributed by atoms with E-state index in [2.05, 4.69) is 11.4 Å². The molecule has 0 bridgehead atoms. The molecular weight excluding hydrogens is 314 g/mol. The second-order valence-corrected chi connectivity index (χ2v) is 6.77. The Labute approximate surface area is 149 Å². The number of hydrogen-bond acceptors (Lipinski definition) is 3. The molecule has 1 heterocycles. The van der Waals surface area contributed by atoms with Crippen LogP contribution in [-0.4, -0.2) is 24.7 Å². The maximum atomic E-state index is 12.3. The minimum atomic E-state index is -0.0171. The fourth-order valence-corrected chi connectivity index (χ4v) is 3.16. The molecule has 132 valence electrons. The summed E-state index contributed by atoms with van der Waals surface area (Å²) < 4.78 is 11.5. The second kappa shape index (κ2) is 7.70. The Hall–Kier alpha value is -2.33. The van der Waals surface area contributed by atoms with Gasteiger partial charge in [0.2, 0.25) is 5.91 Å². The summed E-state index contributed by atoms with van der Waals surface area (Å²) in [4.78, 5) is 12.3. The van der Waals surface area contributed by atoms with Crippen LogP contribution >= 0.6 is 0 Å². The molecule has 0 spiro atoms. The minimum Gasteiger partial charge on any atom is -0.488 e. The van der Waals surface area contributed by atoms with E-state index in [-0.39, 0.29) is 18.1 Å². The highest BCUT2D eigenvalue weighted by Crippen LogP contribution is 2.22. The maximum absolute atomic E-state index is 12.3. The smallest absolute Gasteiger partial charge is 0.228 e. The van der Waals surface area contributed by atoms with Crippen LogP contribution in [-0.2, 0) is 16.0 Å². The van der Waals surface area contributed by atoms with E-state index >= 15 is 0 Å². The Morgan fingerprint density at radius 1 is 1.16 bits per heavy atom. The van der Waals surface area contributed by atoms with Crippen LogP contribution < -0.4 is 10.1 Å². The molecule has 2 aromatic carbocycles. The first-order chi connectivity index (χ1) is 12.0. The van der Waals surface area contributed by atoms with Gasteiger partial charge in [-0.05, 0) is 61.7 Å². The first-order valence-electron chi connectivity index (χ1n) is 8.75. The van der Waals surface area contributed by atoms with Gasteiger partial charge < -0.3 is 14.8 Å². The zero-order chi connectivity index (χ0) is 17.8. The predicted molar refractivity (Wildman–Crippen MR) is 99.1 cm³/mol. The average molecular weight is 339 g/mol. The van der Waals surface area contributed by atoms with Crippen molar-refractivity contribution in [3.8, 4) is 5.75 Å². The van der Waals surface area contributed by atoms with Crippen LogP contribution in [0.3, 0.4) is 0 Å². The highest BCUT2D eigenvalue weighted by molar-refractivity contribution is 5.92. The maximum Gasteiger partial charge on any atom is 0.228 e. The third-order valence-corrected chi connectivity index (χ3v) is 4.39. The van der Waals surface area contributed by atoms with Crippen LogP contribution in [0.25, 0.3) is 0 Å². The van der Waals surface area contributed by atoms with E-state index in [1.54, 1.807) is 0 Å². The van der Waals surface area contributed by atoms with Crippen molar-refractivity contribution >= 4 is 11.6 Å². The van der Waals surface area contributed by atoms with Crippen molar-refractivity contribution in [2.24, 2.45) is 0 Å². The molecule has 2 aromatic rings.